The van der Waals surface area contributed by atoms with Crippen LogP contribution in [0, 0.1) is 5.92 Å². The van der Waals surface area contributed by atoms with Gasteiger partial charge >= 0.3 is 0 Å². The lowest BCUT2D eigenvalue weighted by atomic mass is 10.1. The average Bonchev–Trinajstić information content (AvgIpc) is 3.15. The highest BCUT2D eigenvalue weighted by atomic mass is 16.7. The molecule has 1 aromatic heterocycles. The van der Waals surface area contributed by atoms with Crippen LogP contribution in [0.2, 0.25) is 0 Å². The molecule has 2 heterocycles. The van der Waals surface area contributed by atoms with Crippen LogP contribution in [0.5, 0.6) is 11.5 Å². The van der Waals surface area contributed by atoms with E-state index in [1.807, 2.05) is 24.3 Å². The zero-order valence-corrected chi connectivity index (χ0v) is 13.4. The molecule has 3 rings (SSSR count). The number of nitrogens with one attached hydrogen (secondary N) is 2. The van der Waals surface area contributed by atoms with Crippen LogP contribution >= 0.6 is 0 Å². The average molecular weight is 315 g/mol. The monoisotopic (exact) mass is 315 g/mol. The van der Waals surface area contributed by atoms with Crippen LogP contribution in [-0.4, -0.2) is 29.4 Å². The molecule has 0 saturated heterocycles. The Morgan fingerprint density at radius 3 is 2.96 bits per heavy atom. The number of benzene rings is 1. The van der Waals surface area contributed by atoms with Gasteiger partial charge in [-0.05, 0) is 42.5 Å². The van der Waals surface area contributed by atoms with E-state index in [1.165, 1.54) is 0 Å². The molecule has 122 valence electrons. The molecule has 1 aliphatic rings. The molecule has 2 aromatic rings. The van der Waals surface area contributed by atoms with Gasteiger partial charge in [-0.25, -0.2) is 0 Å². The number of hydrogen-bond donors (Lipinski definition) is 2. The quantitative estimate of drug-likeness (QED) is 0.857. The molecule has 0 bridgehead atoms. The molecule has 1 aromatic carbocycles. The summed E-state index contributed by atoms with van der Waals surface area (Å²) in [6, 6.07) is 7.64. The molecule has 2 N–H and O–H groups in total. The number of ether oxygens (including phenoxy) is 2. The molecule has 0 radical (unpaired) electrons. The van der Waals surface area contributed by atoms with E-state index in [0.29, 0.717) is 18.2 Å². The lowest BCUT2D eigenvalue weighted by Crippen LogP contribution is -2.26. The molecule has 0 unspecified atom stereocenters. The summed E-state index contributed by atoms with van der Waals surface area (Å²) in [6.07, 6.45) is 1.61. The van der Waals surface area contributed by atoms with Crippen molar-refractivity contribution >= 4 is 5.91 Å². The van der Waals surface area contributed by atoms with E-state index < -0.39 is 0 Å². The number of nitrogens with zero attached hydrogens (tertiary/aromatic N) is 1. The number of aromatic amines is 1. The van der Waals surface area contributed by atoms with Gasteiger partial charge in [0.25, 0.3) is 5.91 Å². The largest absolute Gasteiger partial charge is 0.454 e. The number of carbonyl (C=O) groups is 1. The first kappa shape index (κ1) is 15.4. The maximum absolute atomic E-state index is 12.1. The second kappa shape index (κ2) is 6.73. The van der Waals surface area contributed by atoms with Crippen LogP contribution in [0.25, 0.3) is 0 Å². The van der Waals surface area contributed by atoms with Gasteiger partial charge in [-0.15, -0.1) is 0 Å². The van der Waals surface area contributed by atoms with Crippen molar-refractivity contribution in [3.05, 3.63) is 41.2 Å². The van der Waals surface area contributed by atoms with Crippen molar-refractivity contribution in [2.75, 3.05) is 13.3 Å². The summed E-state index contributed by atoms with van der Waals surface area (Å²) in [5.41, 5.74) is 2.52. The van der Waals surface area contributed by atoms with Crippen LogP contribution in [0.1, 0.15) is 35.6 Å². The molecule has 0 aliphatic carbocycles. The Bertz CT molecular complexity index is 694. The molecule has 6 heteroatoms. The van der Waals surface area contributed by atoms with Gasteiger partial charge in [-0.1, -0.05) is 19.9 Å². The SMILES string of the molecule is CC(C)Cc1cc(C(=O)NCCc2ccc3c(c2)OCO3)n[nH]1. The summed E-state index contributed by atoms with van der Waals surface area (Å²) in [6.45, 7) is 5.08. The Morgan fingerprint density at radius 2 is 2.13 bits per heavy atom. The number of rotatable bonds is 6. The third kappa shape index (κ3) is 3.83. The molecule has 23 heavy (non-hydrogen) atoms. The highest BCUT2D eigenvalue weighted by molar-refractivity contribution is 5.92. The van der Waals surface area contributed by atoms with Gasteiger partial charge in [0.05, 0.1) is 0 Å². The number of fused-ring (bicyclic) bond motifs is 1. The number of H-pyrrole nitrogens is 1. The highest BCUT2D eigenvalue weighted by Gasteiger charge is 2.14. The third-order valence-corrected chi connectivity index (χ3v) is 3.63. The summed E-state index contributed by atoms with van der Waals surface area (Å²) in [5, 5.41) is 9.87. The predicted octanol–water partition coefficient (Wildman–Crippen LogP) is 2.31. The predicted molar refractivity (Wildman–Crippen MR) is 85.7 cm³/mol. The van der Waals surface area contributed by atoms with Crippen LogP contribution in [0.3, 0.4) is 0 Å². The summed E-state index contributed by atoms with van der Waals surface area (Å²) in [5.74, 6) is 1.90. The fourth-order valence-electron chi connectivity index (χ4n) is 2.53. The molecular weight excluding hydrogens is 294 g/mol. The van der Waals surface area contributed by atoms with Gasteiger partial charge < -0.3 is 14.8 Å². The summed E-state index contributed by atoms with van der Waals surface area (Å²) in [4.78, 5) is 12.1. The minimum Gasteiger partial charge on any atom is -0.454 e. The Kier molecular flexibility index (Phi) is 4.50. The van der Waals surface area contributed by atoms with Crippen molar-refractivity contribution in [1.82, 2.24) is 15.5 Å². The summed E-state index contributed by atoms with van der Waals surface area (Å²) < 4.78 is 10.6. The van der Waals surface area contributed by atoms with Gasteiger partial charge in [0.2, 0.25) is 6.79 Å². The molecule has 1 aliphatic heterocycles. The molecular formula is C17H21N3O3. The van der Waals surface area contributed by atoms with Crippen molar-refractivity contribution in [3.63, 3.8) is 0 Å². The van der Waals surface area contributed by atoms with Crippen molar-refractivity contribution in [2.45, 2.75) is 26.7 Å². The molecule has 1 amide bonds. The van der Waals surface area contributed by atoms with Crippen molar-refractivity contribution in [3.8, 4) is 11.5 Å². The lowest BCUT2D eigenvalue weighted by molar-refractivity contribution is 0.0949. The topological polar surface area (TPSA) is 76.2 Å². The maximum atomic E-state index is 12.1. The minimum absolute atomic E-state index is 0.156. The van der Waals surface area contributed by atoms with Crippen molar-refractivity contribution in [1.29, 1.82) is 0 Å². The second-order valence-corrected chi connectivity index (χ2v) is 6.07. The van der Waals surface area contributed by atoms with Gasteiger partial charge in [-0.2, -0.15) is 5.10 Å². The Hall–Kier alpha value is -2.50. The second-order valence-electron chi connectivity index (χ2n) is 6.07. The van der Waals surface area contributed by atoms with Crippen molar-refractivity contribution in [2.24, 2.45) is 5.92 Å². The fourth-order valence-corrected chi connectivity index (χ4v) is 2.53. The van der Waals surface area contributed by atoms with E-state index >= 15 is 0 Å². The molecule has 0 atom stereocenters. The van der Waals surface area contributed by atoms with Gasteiger partial charge in [0.15, 0.2) is 11.5 Å². The highest BCUT2D eigenvalue weighted by Crippen LogP contribution is 2.32. The Balaban J connectivity index is 1.50. The minimum atomic E-state index is -0.156. The van der Waals surface area contributed by atoms with E-state index in [0.717, 1.165) is 35.6 Å². The molecule has 0 spiro atoms. The normalized spacial score (nSPS) is 12.7. The number of carbonyl (C=O) groups excluding carboxylic acids is 1. The Labute approximate surface area is 135 Å². The molecule has 6 nitrogen and oxygen atoms in total. The number of aromatic nitrogens is 2. The Morgan fingerprint density at radius 1 is 1.30 bits per heavy atom. The van der Waals surface area contributed by atoms with Crippen LogP contribution in [0.15, 0.2) is 24.3 Å². The van der Waals surface area contributed by atoms with Gasteiger partial charge in [-0.3, -0.25) is 9.89 Å². The number of hydrogen-bond acceptors (Lipinski definition) is 4. The molecule has 0 saturated carbocycles. The first-order valence-corrected chi connectivity index (χ1v) is 7.83. The molecule has 0 fully saturated rings. The number of amides is 1. The van der Waals surface area contributed by atoms with Gasteiger partial charge in [0, 0.05) is 12.2 Å². The zero-order valence-electron chi connectivity index (χ0n) is 13.4. The maximum Gasteiger partial charge on any atom is 0.271 e. The zero-order chi connectivity index (χ0) is 16.2. The summed E-state index contributed by atoms with van der Waals surface area (Å²) in [7, 11) is 0. The summed E-state index contributed by atoms with van der Waals surface area (Å²) >= 11 is 0. The van der Waals surface area contributed by atoms with Gasteiger partial charge in [0.1, 0.15) is 5.69 Å². The van der Waals surface area contributed by atoms with E-state index in [2.05, 4.69) is 29.4 Å². The first-order valence-electron chi connectivity index (χ1n) is 7.83. The first-order chi connectivity index (χ1) is 11.1. The van der Waals surface area contributed by atoms with E-state index in [9.17, 15) is 4.79 Å². The standard InChI is InChI=1S/C17H21N3O3/c1-11(2)7-13-9-14(20-19-13)17(21)18-6-5-12-3-4-15-16(8-12)23-10-22-15/h3-4,8-9,11H,5-7,10H2,1-2H3,(H,18,21)(H,19,20). The van der Waals surface area contributed by atoms with E-state index in [4.69, 9.17) is 9.47 Å². The van der Waals surface area contributed by atoms with Crippen LogP contribution < -0.4 is 14.8 Å². The van der Waals surface area contributed by atoms with E-state index in [1.54, 1.807) is 0 Å². The smallest absolute Gasteiger partial charge is 0.271 e. The van der Waals surface area contributed by atoms with E-state index in [-0.39, 0.29) is 12.7 Å². The fraction of sp³-hybridized carbons (Fsp3) is 0.412. The van der Waals surface area contributed by atoms with Crippen LogP contribution in [0.4, 0.5) is 0 Å². The lowest BCUT2D eigenvalue weighted by Gasteiger charge is -2.04. The van der Waals surface area contributed by atoms with Crippen LogP contribution in [-0.2, 0) is 12.8 Å². The van der Waals surface area contributed by atoms with Crippen molar-refractivity contribution < 1.29 is 14.3 Å². The third-order valence-electron chi connectivity index (χ3n) is 3.63.